The molecule has 4 nitrogen and oxygen atoms in total. The van der Waals surface area contributed by atoms with Crippen LogP contribution >= 0.6 is 11.8 Å². The number of halogens is 2. The van der Waals surface area contributed by atoms with Gasteiger partial charge in [0.2, 0.25) is 0 Å². The van der Waals surface area contributed by atoms with Crippen LogP contribution in [0, 0.1) is 13.8 Å². The molecule has 0 aliphatic carbocycles. The lowest BCUT2D eigenvalue weighted by atomic mass is 10.2. The molecule has 1 unspecified atom stereocenters. The molecule has 0 aliphatic rings. The lowest BCUT2D eigenvalue weighted by molar-refractivity contribution is -0.0515. The third-order valence-electron chi connectivity index (χ3n) is 3.69. The van der Waals surface area contributed by atoms with Crippen molar-refractivity contribution in [3.8, 4) is 11.5 Å². The highest BCUT2D eigenvalue weighted by atomic mass is 32.2. The summed E-state index contributed by atoms with van der Waals surface area (Å²) in [6.45, 7) is 2.58. The van der Waals surface area contributed by atoms with E-state index in [0.29, 0.717) is 0 Å². The zero-order valence-electron chi connectivity index (χ0n) is 15.0. The Kier molecular flexibility index (Phi) is 6.85. The second kappa shape index (κ2) is 8.89. The summed E-state index contributed by atoms with van der Waals surface area (Å²) < 4.78 is 37.2. The minimum Gasteiger partial charge on any atom is -0.476 e. The van der Waals surface area contributed by atoms with E-state index >= 15 is 0 Å². The molecular formula is C19H21F2NO3S. The average Bonchev–Trinajstić information content (AvgIpc) is 2.55. The Bertz CT molecular complexity index is 823. The Hall–Kier alpha value is -2.28. The van der Waals surface area contributed by atoms with Crippen LogP contribution in [0.5, 0.6) is 11.5 Å². The highest BCUT2D eigenvalue weighted by Gasteiger charge is 2.13. The molecule has 1 aromatic heterocycles. The van der Waals surface area contributed by atoms with Gasteiger partial charge in [-0.25, -0.2) is 0 Å². The molecule has 0 N–H and O–H groups in total. The van der Waals surface area contributed by atoms with Gasteiger partial charge >= 0.3 is 6.61 Å². The number of thioether (sulfide) groups is 1. The van der Waals surface area contributed by atoms with E-state index in [1.807, 2.05) is 43.9 Å². The fourth-order valence-corrected chi connectivity index (χ4v) is 2.61. The van der Waals surface area contributed by atoms with Crippen LogP contribution < -0.4 is 14.9 Å². The second-order valence-corrected chi connectivity index (χ2v) is 6.80. The summed E-state index contributed by atoms with van der Waals surface area (Å²) in [6.07, 6.45) is 5.49. The molecule has 26 heavy (non-hydrogen) atoms. The number of nitrogens with zero attached hydrogens (tertiary/aromatic N) is 1. The predicted octanol–water partition coefficient (Wildman–Crippen LogP) is 4.78. The van der Waals surface area contributed by atoms with Gasteiger partial charge in [-0.1, -0.05) is 6.07 Å². The average molecular weight is 381 g/mol. The van der Waals surface area contributed by atoms with Crippen LogP contribution in [0.2, 0.25) is 0 Å². The molecule has 0 saturated carbocycles. The molecule has 1 heterocycles. The molecule has 0 fully saturated rings. The molecule has 2 rings (SSSR count). The minimum atomic E-state index is -2.92. The van der Waals surface area contributed by atoms with Gasteiger partial charge in [-0.3, -0.25) is 4.79 Å². The maximum absolute atomic E-state index is 12.6. The van der Waals surface area contributed by atoms with E-state index in [2.05, 4.69) is 4.74 Å². The number of pyridine rings is 1. The number of alkyl halides is 2. The van der Waals surface area contributed by atoms with Gasteiger partial charge in [0.05, 0.1) is 0 Å². The molecule has 1 atom stereocenters. The number of ether oxygens (including phenoxy) is 2. The summed E-state index contributed by atoms with van der Waals surface area (Å²) in [5.41, 5.74) is 2.11. The van der Waals surface area contributed by atoms with Crippen LogP contribution in [0.1, 0.15) is 23.9 Å². The molecule has 7 heteroatoms. The summed E-state index contributed by atoms with van der Waals surface area (Å²) in [5, 5.41) is 0. The van der Waals surface area contributed by atoms with E-state index < -0.39 is 6.61 Å². The van der Waals surface area contributed by atoms with Crippen molar-refractivity contribution in [1.82, 2.24) is 4.57 Å². The van der Waals surface area contributed by atoms with Gasteiger partial charge in [0, 0.05) is 29.7 Å². The van der Waals surface area contributed by atoms with Crippen molar-refractivity contribution in [1.29, 1.82) is 0 Å². The molecule has 140 valence electrons. The Morgan fingerprint density at radius 2 is 1.73 bits per heavy atom. The SMILES string of the molecule is CSC(C)Oc1cc(/C=C/n2c(C)cc(=O)cc2C)ccc1OC(F)F. The van der Waals surface area contributed by atoms with Crippen molar-refractivity contribution in [3.05, 3.63) is 57.5 Å². The number of hydrogen-bond acceptors (Lipinski definition) is 4. The van der Waals surface area contributed by atoms with Gasteiger partial charge in [-0.15, -0.1) is 11.8 Å². The largest absolute Gasteiger partial charge is 0.476 e. The van der Waals surface area contributed by atoms with Gasteiger partial charge in [0.1, 0.15) is 5.44 Å². The Morgan fingerprint density at radius 3 is 2.31 bits per heavy atom. The van der Waals surface area contributed by atoms with E-state index in [9.17, 15) is 13.6 Å². The first-order chi connectivity index (χ1) is 12.3. The predicted molar refractivity (Wildman–Crippen MR) is 102 cm³/mol. The zero-order chi connectivity index (χ0) is 19.3. The maximum atomic E-state index is 12.6. The maximum Gasteiger partial charge on any atom is 0.387 e. The molecule has 0 radical (unpaired) electrons. The highest BCUT2D eigenvalue weighted by Crippen LogP contribution is 2.32. The summed E-state index contributed by atoms with van der Waals surface area (Å²) >= 11 is 1.45. The summed E-state index contributed by atoms with van der Waals surface area (Å²) in [4.78, 5) is 11.5. The smallest absolute Gasteiger partial charge is 0.387 e. The molecule has 0 amide bonds. The first-order valence-electron chi connectivity index (χ1n) is 7.96. The van der Waals surface area contributed by atoms with Gasteiger partial charge in [0.25, 0.3) is 0 Å². The van der Waals surface area contributed by atoms with Crippen molar-refractivity contribution >= 4 is 24.0 Å². The quantitative estimate of drug-likeness (QED) is 0.647. The lowest BCUT2D eigenvalue weighted by Gasteiger charge is -2.16. The van der Waals surface area contributed by atoms with E-state index in [1.165, 1.54) is 17.8 Å². The molecular weight excluding hydrogens is 360 g/mol. The van der Waals surface area contributed by atoms with Gasteiger partial charge in [-0.05, 0) is 50.8 Å². The normalized spacial score (nSPS) is 12.6. The van der Waals surface area contributed by atoms with Crippen LogP contribution in [0.15, 0.2) is 35.1 Å². The topological polar surface area (TPSA) is 40.5 Å². The third kappa shape index (κ3) is 5.36. The van der Waals surface area contributed by atoms with Crippen molar-refractivity contribution in [3.63, 3.8) is 0 Å². The standard InChI is InChI=1S/C19H21F2NO3S/c1-12-9-16(23)10-13(2)22(12)8-7-15-5-6-17(25-19(20)21)18(11-15)24-14(3)26-4/h5-11,14,19H,1-4H3/b8-7+. The highest BCUT2D eigenvalue weighted by molar-refractivity contribution is 7.99. The number of rotatable bonds is 7. The molecule has 0 saturated heterocycles. The number of aryl methyl sites for hydroxylation is 2. The van der Waals surface area contributed by atoms with Crippen LogP contribution in [-0.4, -0.2) is 22.9 Å². The lowest BCUT2D eigenvalue weighted by Crippen LogP contribution is -2.09. The second-order valence-electron chi connectivity index (χ2n) is 5.67. The monoisotopic (exact) mass is 381 g/mol. The first kappa shape index (κ1) is 20.0. The Morgan fingerprint density at radius 1 is 1.08 bits per heavy atom. The summed E-state index contributed by atoms with van der Waals surface area (Å²) in [5.74, 6) is 0.247. The summed E-state index contributed by atoms with van der Waals surface area (Å²) in [7, 11) is 0. The van der Waals surface area contributed by atoms with Crippen molar-refractivity contribution in [2.45, 2.75) is 32.8 Å². The fraction of sp³-hybridized carbons (Fsp3) is 0.316. The third-order valence-corrected chi connectivity index (χ3v) is 4.45. The molecule has 1 aromatic carbocycles. The number of aromatic nitrogens is 1. The van der Waals surface area contributed by atoms with E-state index in [1.54, 1.807) is 24.3 Å². The number of hydrogen-bond donors (Lipinski definition) is 0. The molecule has 0 bridgehead atoms. The van der Waals surface area contributed by atoms with Crippen molar-refractivity contribution < 1.29 is 18.3 Å². The fourth-order valence-electron chi connectivity index (χ4n) is 2.41. The molecule has 0 aliphatic heterocycles. The van der Waals surface area contributed by atoms with Crippen LogP contribution in [0.4, 0.5) is 8.78 Å². The van der Waals surface area contributed by atoms with Crippen LogP contribution in [-0.2, 0) is 0 Å². The number of benzene rings is 1. The first-order valence-corrected chi connectivity index (χ1v) is 9.25. The van der Waals surface area contributed by atoms with Gasteiger partial charge in [-0.2, -0.15) is 8.78 Å². The van der Waals surface area contributed by atoms with E-state index in [4.69, 9.17) is 4.74 Å². The minimum absolute atomic E-state index is 0.00577. The summed E-state index contributed by atoms with van der Waals surface area (Å²) in [6, 6.07) is 7.86. The van der Waals surface area contributed by atoms with Crippen molar-refractivity contribution in [2.24, 2.45) is 0 Å². The van der Waals surface area contributed by atoms with Crippen LogP contribution in [0.3, 0.4) is 0 Å². The van der Waals surface area contributed by atoms with Crippen molar-refractivity contribution in [2.75, 3.05) is 6.26 Å². The molecule has 0 spiro atoms. The Labute approximate surface area is 155 Å². The van der Waals surface area contributed by atoms with E-state index in [0.717, 1.165) is 17.0 Å². The molecule has 2 aromatic rings. The van der Waals surface area contributed by atoms with Gasteiger partial charge in [0.15, 0.2) is 16.9 Å². The van der Waals surface area contributed by atoms with Gasteiger partial charge < -0.3 is 14.0 Å². The Balaban J connectivity index is 2.35. The zero-order valence-corrected chi connectivity index (χ0v) is 15.8. The van der Waals surface area contributed by atoms with Crippen LogP contribution in [0.25, 0.3) is 12.3 Å². The van der Waals surface area contributed by atoms with E-state index in [-0.39, 0.29) is 22.4 Å².